The summed E-state index contributed by atoms with van der Waals surface area (Å²) in [5.74, 6) is 1.31. The fraction of sp³-hybridized carbons (Fsp3) is 0.400. The van der Waals surface area contributed by atoms with Crippen molar-refractivity contribution in [2.24, 2.45) is 0 Å². The van der Waals surface area contributed by atoms with Crippen LogP contribution in [-0.4, -0.2) is 16.0 Å². The Morgan fingerprint density at radius 1 is 1.38 bits per heavy atom. The van der Waals surface area contributed by atoms with Crippen molar-refractivity contribution < 1.29 is 9.32 Å². The number of carbonyl (C=O) groups excluding carboxylic acids is 1. The highest BCUT2D eigenvalue weighted by Crippen LogP contribution is 2.14. The summed E-state index contributed by atoms with van der Waals surface area (Å²) in [6.45, 7) is 4.40. The number of amides is 1. The van der Waals surface area contributed by atoms with Crippen LogP contribution < -0.4 is 5.32 Å². The molecule has 6 heteroatoms. The Kier molecular flexibility index (Phi) is 5.33. The monoisotopic (exact) mass is 307 g/mol. The number of aryl methyl sites for hydroxylation is 1. The summed E-state index contributed by atoms with van der Waals surface area (Å²) in [4.78, 5) is 16.0. The van der Waals surface area contributed by atoms with Crippen molar-refractivity contribution in [1.29, 1.82) is 0 Å². The minimum atomic E-state index is -0.0702. The van der Waals surface area contributed by atoms with E-state index in [1.165, 1.54) is 0 Å². The van der Waals surface area contributed by atoms with Crippen LogP contribution in [0.1, 0.15) is 43.5 Å². The van der Waals surface area contributed by atoms with Crippen molar-refractivity contribution in [1.82, 2.24) is 15.5 Å². The topological polar surface area (TPSA) is 68.0 Å². The van der Waals surface area contributed by atoms with Gasteiger partial charge < -0.3 is 9.84 Å². The second-order valence-corrected chi connectivity index (χ2v) is 5.48. The number of hydrogen-bond donors (Lipinski definition) is 1. The highest BCUT2D eigenvalue weighted by atomic mass is 35.5. The van der Waals surface area contributed by atoms with Crippen LogP contribution in [0.2, 0.25) is 5.02 Å². The fourth-order valence-corrected chi connectivity index (χ4v) is 1.95. The standard InChI is InChI=1S/C15H18ClN3O2/c1-10(2)15-18-14(21-19-15)8-7-13(20)17-9-11-5-3-4-6-12(11)16/h3-6,10H,7-9H2,1-2H3,(H,17,20). The van der Waals surface area contributed by atoms with Crippen molar-refractivity contribution in [3.05, 3.63) is 46.6 Å². The molecular formula is C15H18ClN3O2. The van der Waals surface area contributed by atoms with Crippen LogP contribution in [0.15, 0.2) is 28.8 Å². The van der Waals surface area contributed by atoms with Gasteiger partial charge in [-0.15, -0.1) is 0 Å². The molecule has 112 valence electrons. The zero-order chi connectivity index (χ0) is 15.2. The first-order valence-electron chi connectivity index (χ1n) is 6.89. The lowest BCUT2D eigenvalue weighted by molar-refractivity contribution is -0.121. The predicted molar refractivity (Wildman–Crippen MR) is 80.0 cm³/mol. The molecule has 1 amide bonds. The Morgan fingerprint density at radius 2 is 2.14 bits per heavy atom. The van der Waals surface area contributed by atoms with Crippen LogP contribution in [0.3, 0.4) is 0 Å². The third kappa shape index (κ3) is 4.56. The number of hydrogen-bond acceptors (Lipinski definition) is 4. The second-order valence-electron chi connectivity index (χ2n) is 5.07. The van der Waals surface area contributed by atoms with E-state index in [1.807, 2.05) is 32.0 Å². The molecule has 0 aliphatic heterocycles. The van der Waals surface area contributed by atoms with E-state index < -0.39 is 0 Å². The number of aromatic nitrogens is 2. The molecule has 1 aromatic heterocycles. The average Bonchev–Trinajstić information content (AvgIpc) is 2.93. The van der Waals surface area contributed by atoms with E-state index in [2.05, 4.69) is 15.5 Å². The first kappa shape index (κ1) is 15.5. The SMILES string of the molecule is CC(C)c1noc(CCC(=O)NCc2ccccc2Cl)n1. The highest BCUT2D eigenvalue weighted by Gasteiger charge is 2.11. The molecule has 0 spiro atoms. The van der Waals surface area contributed by atoms with E-state index in [-0.39, 0.29) is 11.8 Å². The van der Waals surface area contributed by atoms with E-state index in [4.69, 9.17) is 16.1 Å². The lowest BCUT2D eigenvalue weighted by atomic mass is 10.2. The van der Waals surface area contributed by atoms with Gasteiger partial charge in [0.1, 0.15) is 0 Å². The Morgan fingerprint density at radius 3 is 2.81 bits per heavy atom. The molecule has 0 aliphatic carbocycles. The largest absolute Gasteiger partial charge is 0.352 e. The minimum Gasteiger partial charge on any atom is -0.352 e. The van der Waals surface area contributed by atoms with Crippen molar-refractivity contribution in [3.63, 3.8) is 0 Å². The maximum Gasteiger partial charge on any atom is 0.227 e. The van der Waals surface area contributed by atoms with Gasteiger partial charge in [0.05, 0.1) is 0 Å². The molecule has 0 unspecified atom stereocenters. The summed E-state index contributed by atoms with van der Waals surface area (Å²) in [5, 5.41) is 7.34. The molecule has 0 saturated heterocycles. The molecular weight excluding hydrogens is 290 g/mol. The molecule has 0 bridgehead atoms. The summed E-state index contributed by atoms with van der Waals surface area (Å²) in [6, 6.07) is 7.43. The molecule has 0 aliphatic rings. The average molecular weight is 308 g/mol. The van der Waals surface area contributed by atoms with Crippen LogP contribution >= 0.6 is 11.6 Å². The van der Waals surface area contributed by atoms with E-state index in [0.717, 1.165) is 5.56 Å². The molecule has 21 heavy (non-hydrogen) atoms. The third-order valence-electron chi connectivity index (χ3n) is 3.00. The second kappa shape index (κ2) is 7.22. The van der Waals surface area contributed by atoms with Gasteiger partial charge in [-0.1, -0.05) is 48.8 Å². The van der Waals surface area contributed by atoms with Gasteiger partial charge in [0, 0.05) is 30.3 Å². The van der Waals surface area contributed by atoms with Gasteiger partial charge in [-0.25, -0.2) is 0 Å². The van der Waals surface area contributed by atoms with Gasteiger partial charge in [-0.05, 0) is 11.6 Å². The molecule has 0 atom stereocenters. The summed E-state index contributed by atoms with van der Waals surface area (Å²) < 4.78 is 5.10. The Labute approximate surface area is 128 Å². The normalized spacial score (nSPS) is 10.9. The van der Waals surface area contributed by atoms with Crippen LogP contribution in [0, 0.1) is 0 Å². The molecule has 0 saturated carbocycles. The Hall–Kier alpha value is -1.88. The van der Waals surface area contributed by atoms with Crippen LogP contribution in [0.5, 0.6) is 0 Å². The van der Waals surface area contributed by atoms with E-state index >= 15 is 0 Å². The van der Waals surface area contributed by atoms with E-state index in [1.54, 1.807) is 6.07 Å². The highest BCUT2D eigenvalue weighted by molar-refractivity contribution is 6.31. The summed E-state index contributed by atoms with van der Waals surface area (Å²) in [5.41, 5.74) is 0.896. The summed E-state index contributed by atoms with van der Waals surface area (Å²) >= 11 is 6.03. The number of carbonyl (C=O) groups is 1. The molecule has 0 fully saturated rings. The molecule has 0 radical (unpaired) electrons. The summed E-state index contributed by atoms with van der Waals surface area (Å²) in [7, 11) is 0. The fourth-order valence-electron chi connectivity index (χ4n) is 1.75. The number of halogens is 1. The van der Waals surface area contributed by atoms with Crippen LogP contribution in [0.25, 0.3) is 0 Å². The van der Waals surface area contributed by atoms with Crippen molar-refractivity contribution in [2.75, 3.05) is 0 Å². The van der Waals surface area contributed by atoms with Gasteiger partial charge in [-0.2, -0.15) is 4.98 Å². The van der Waals surface area contributed by atoms with Gasteiger partial charge >= 0.3 is 0 Å². The Balaban J connectivity index is 1.78. The quantitative estimate of drug-likeness (QED) is 0.890. The van der Waals surface area contributed by atoms with E-state index in [0.29, 0.717) is 36.1 Å². The molecule has 2 rings (SSSR count). The zero-order valence-electron chi connectivity index (χ0n) is 12.1. The van der Waals surface area contributed by atoms with Crippen molar-refractivity contribution >= 4 is 17.5 Å². The van der Waals surface area contributed by atoms with Gasteiger partial charge in [0.15, 0.2) is 5.82 Å². The van der Waals surface area contributed by atoms with Crippen LogP contribution in [0.4, 0.5) is 0 Å². The number of rotatable bonds is 6. The first-order chi connectivity index (χ1) is 10.1. The lowest BCUT2D eigenvalue weighted by Crippen LogP contribution is -2.23. The number of nitrogens with zero attached hydrogens (tertiary/aromatic N) is 2. The molecule has 1 aromatic carbocycles. The maximum atomic E-state index is 11.8. The molecule has 2 aromatic rings. The minimum absolute atomic E-state index is 0.0702. The summed E-state index contributed by atoms with van der Waals surface area (Å²) in [6.07, 6.45) is 0.748. The third-order valence-corrected chi connectivity index (χ3v) is 3.37. The van der Waals surface area contributed by atoms with Gasteiger partial charge in [0.2, 0.25) is 11.8 Å². The van der Waals surface area contributed by atoms with Crippen LogP contribution in [-0.2, 0) is 17.8 Å². The van der Waals surface area contributed by atoms with Gasteiger partial charge in [-0.3, -0.25) is 4.79 Å². The number of nitrogens with one attached hydrogen (secondary N) is 1. The van der Waals surface area contributed by atoms with Gasteiger partial charge in [0.25, 0.3) is 0 Å². The van der Waals surface area contributed by atoms with Crippen molar-refractivity contribution in [2.45, 2.75) is 39.2 Å². The predicted octanol–water partition coefficient (Wildman–Crippen LogP) is 3.10. The van der Waals surface area contributed by atoms with Crippen molar-refractivity contribution in [3.8, 4) is 0 Å². The molecule has 5 nitrogen and oxygen atoms in total. The lowest BCUT2D eigenvalue weighted by Gasteiger charge is -2.05. The number of benzene rings is 1. The molecule has 1 N–H and O–H groups in total. The first-order valence-corrected chi connectivity index (χ1v) is 7.26. The smallest absolute Gasteiger partial charge is 0.227 e. The van der Waals surface area contributed by atoms with E-state index in [9.17, 15) is 4.79 Å². The zero-order valence-corrected chi connectivity index (χ0v) is 12.9. The maximum absolute atomic E-state index is 11.8. The molecule has 1 heterocycles. The Bertz CT molecular complexity index is 610.